The van der Waals surface area contributed by atoms with Crippen molar-refractivity contribution in [3.8, 4) is 0 Å². The van der Waals surface area contributed by atoms with Gasteiger partial charge >= 0.3 is 0 Å². The Morgan fingerprint density at radius 3 is 2.21 bits per heavy atom. The van der Waals surface area contributed by atoms with E-state index in [1.54, 1.807) is 19.0 Å². The molecule has 0 saturated carbocycles. The third kappa shape index (κ3) is 7.54. The van der Waals surface area contributed by atoms with Crippen LogP contribution in [0, 0.1) is 0 Å². The van der Waals surface area contributed by atoms with Gasteiger partial charge in [-0.05, 0) is 20.5 Å². The SMILES string of the molecule is CCCCC(=O)NNC(=O)CN(C)C. The molecule has 5 nitrogen and oxygen atoms in total. The number of carbonyl (C=O) groups excluding carboxylic acids is 2. The van der Waals surface area contributed by atoms with E-state index >= 15 is 0 Å². The second-order valence-electron chi connectivity index (χ2n) is 3.44. The number of rotatable bonds is 5. The Kier molecular flexibility index (Phi) is 6.74. The van der Waals surface area contributed by atoms with E-state index in [-0.39, 0.29) is 18.4 Å². The standard InChI is InChI=1S/C9H19N3O2/c1-4-5-6-8(13)10-11-9(14)7-12(2)3/h4-7H2,1-3H3,(H,10,13)(H,11,14). The Morgan fingerprint density at radius 2 is 1.71 bits per heavy atom. The summed E-state index contributed by atoms with van der Waals surface area (Å²) < 4.78 is 0. The van der Waals surface area contributed by atoms with Gasteiger partial charge in [-0.25, -0.2) is 0 Å². The fraction of sp³-hybridized carbons (Fsp3) is 0.778. The molecular formula is C9H19N3O2. The highest BCUT2D eigenvalue weighted by atomic mass is 16.2. The molecule has 0 rings (SSSR count). The van der Waals surface area contributed by atoms with Crippen molar-refractivity contribution in [1.29, 1.82) is 0 Å². The molecule has 0 bridgehead atoms. The van der Waals surface area contributed by atoms with Gasteiger partial charge in [0.2, 0.25) is 5.91 Å². The minimum atomic E-state index is -0.208. The van der Waals surface area contributed by atoms with E-state index in [2.05, 4.69) is 10.9 Å². The van der Waals surface area contributed by atoms with Crippen LogP contribution in [0.5, 0.6) is 0 Å². The monoisotopic (exact) mass is 201 g/mol. The van der Waals surface area contributed by atoms with Gasteiger partial charge in [0.1, 0.15) is 0 Å². The van der Waals surface area contributed by atoms with Crippen LogP contribution in [0.4, 0.5) is 0 Å². The zero-order chi connectivity index (χ0) is 11.0. The van der Waals surface area contributed by atoms with Gasteiger partial charge in [-0.3, -0.25) is 20.4 Å². The van der Waals surface area contributed by atoms with Crippen molar-refractivity contribution in [2.45, 2.75) is 26.2 Å². The van der Waals surface area contributed by atoms with Crippen LogP contribution >= 0.6 is 0 Å². The van der Waals surface area contributed by atoms with E-state index in [0.717, 1.165) is 12.8 Å². The molecule has 0 heterocycles. The minimum Gasteiger partial charge on any atom is -0.301 e. The van der Waals surface area contributed by atoms with Crippen molar-refractivity contribution < 1.29 is 9.59 Å². The number of unbranched alkanes of at least 4 members (excludes halogenated alkanes) is 1. The number of amides is 2. The highest BCUT2D eigenvalue weighted by Crippen LogP contribution is 1.91. The molecule has 0 spiro atoms. The van der Waals surface area contributed by atoms with Gasteiger partial charge in [0.05, 0.1) is 6.54 Å². The first-order valence-corrected chi connectivity index (χ1v) is 4.78. The van der Waals surface area contributed by atoms with Crippen LogP contribution in [-0.2, 0) is 9.59 Å². The molecule has 0 aliphatic rings. The lowest BCUT2D eigenvalue weighted by Gasteiger charge is -2.10. The van der Waals surface area contributed by atoms with Crippen molar-refractivity contribution in [3.05, 3.63) is 0 Å². The first kappa shape index (κ1) is 12.9. The van der Waals surface area contributed by atoms with E-state index < -0.39 is 0 Å². The maximum Gasteiger partial charge on any atom is 0.252 e. The lowest BCUT2D eigenvalue weighted by Crippen LogP contribution is -2.45. The molecule has 82 valence electrons. The Bertz CT molecular complexity index is 192. The molecule has 2 N–H and O–H groups in total. The number of hydrogen-bond acceptors (Lipinski definition) is 3. The molecule has 0 aromatic heterocycles. The molecule has 0 aliphatic carbocycles. The lowest BCUT2D eigenvalue weighted by atomic mass is 10.2. The average molecular weight is 201 g/mol. The Balaban J connectivity index is 3.51. The predicted molar refractivity (Wildman–Crippen MR) is 54.4 cm³/mol. The van der Waals surface area contributed by atoms with Gasteiger partial charge in [0.15, 0.2) is 0 Å². The summed E-state index contributed by atoms with van der Waals surface area (Å²) in [4.78, 5) is 23.8. The van der Waals surface area contributed by atoms with E-state index in [1.807, 2.05) is 6.92 Å². The van der Waals surface area contributed by atoms with Crippen molar-refractivity contribution in [1.82, 2.24) is 15.8 Å². The third-order valence-electron chi connectivity index (χ3n) is 1.56. The van der Waals surface area contributed by atoms with Crippen molar-refractivity contribution >= 4 is 11.8 Å². The molecule has 0 radical (unpaired) electrons. The Labute approximate surface area is 84.8 Å². The lowest BCUT2D eigenvalue weighted by molar-refractivity contribution is -0.129. The summed E-state index contributed by atoms with van der Waals surface area (Å²) in [7, 11) is 3.58. The summed E-state index contributed by atoms with van der Waals surface area (Å²) in [5.41, 5.74) is 4.70. The van der Waals surface area contributed by atoms with Crippen molar-refractivity contribution in [2.75, 3.05) is 20.6 Å². The number of likely N-dealkylation sites (N-methyl/N-ethyl adjacent to an activating group) is 1. The molecule has 0 fully saturated rings. The molecule has 0 aromatic rings. The number of hydrogen-bond donors (Lipinski definition) is 2. The fourth-order valence-corrected chi connectivity index (χ4v) is 0.866. The van der Waals surface area contributed by atoms with E-state index in [0.29, 0.717) is 6.42 Å². The Morgan fingerprint density at radius 1 is 1.14 bits per heavy atom. The van der Waals surface area contributed by atoms with Crippen LogP contribution < -0.4 is 10.9 Å². The first-order valence-electron chi connectivity index (χ1n) is 4.78. The van der Waals surface area contributed by atoms with Gasteiger partial charge in [-0.1, -0.05) is 13.3 Å². The summed E-state index contributed by atoms with van der Waals surface area (Å²) in [5, 5.41) is 0. The maximum absolute atomic E-state index is 11.1. The molecule has 0 aromatic carbocycles. The molecule has 0 atom stereocenters. The highest BCUT2D eigenvalue weighted by molar-refractivity contribution is 5.82. The molecule has 2 amide bonds. The summed E-state index contributed by atoms with van der Waals surface area (Å²) in [6.07, 6.45) is 2.27. The minimum absolute atomic E-state index is 0.140. The van der Waals surface area contributed by atoms with Gasteiger partial charge in [0, 0.05) is 6.42 Å². The third-order valence-corrected chi connectivity index (χ3v) is 1.56. The topological polar surface area (TPSA) is 61.4 Å². The molecule has 0 aliphatic heterocycles. The van der Waals surface area contributed by atoms with Crippen molar-refractivity contribution in [3.63, 3.8) is 0 Å². The number of carbonyl (C=O) groups is 2. The Hall–Kier alpha value is -1.10. The summed E-state index contributed by atoms with van der Waals surface area (Å²) >= 11 is 0. The van der Waals surface area contributed by atoms with E-state index in [1.165, 1.54) is 0 Å². The van der Waals surface area contributed by atoms with Crippen molar-refractivity contribution in [2.24, 2.45) is 0 Å². The van der Waals surface area contributed by atoms with Gasteiger partial charge < -0.3 is 4.90 Å². The number of nitrogens with zero attached hydrogens (tertiary/aromatic N) is 1. The number of hydrazine groups is 1. The van der Waals surface area contributed by atoms with Crippen LogP contribution in [0.1, 0.15) is 26.2 Å². The van der Waals surface area contributed by atoms with Crippen LogP contribution in [-0.4, -0.2) is 37.4 Å². The van der Waals surface area contributed by atoms with Gasteiger partial charge in [0.25, 0.3) is 5.91 Å². The first-order chi connectivity index (χ1) is 6.56. The maximum atomic E-state index is 11.1. The zero-order valence-corrected chi connectivity index (χ0v) is 9.09. The second-order valence-corrected chi connectivity index (χ2v) is 3.44. The summed E-state index contributed by atoms with van der Waals surface area (Å²) in [5.74, 6) is -0.348. The highest BCUT2D eigenvalue weighted by Gasteiger charge is 2.04. The molecule has 0 unspecified atom stereocenters. The summed E-state index contributed by atoms with van der Waals surface area (Å²) in [6.45, 7) is 2.28. The summed E-state index contributed by atoms with van der Waals surface area (Å²) in [6, 6.07) is 0. The van der Waals surface area contributed by atoms with Gasteiger partial charge in [-0.2, -0.15) is 0 Å². The van der Waals surface area contributed by atoms with Crippen LogP contribution in [0.2, 0.25) is 0 Å². The predicted octanol–water partition coefficient (Wildman–Crippen LogP) is -0.114. The van der Waals surface area contributed by atoms with E-state index in [9.17, 15) is 9.59 Å². The van der Waals surface area contributed by atoms with E-state index in [4.69, 9.17) is 0 Å². The largest absolute Gasteiger partial charge is 0.301 e. The molecule has 14 heavy (non-hydrogen) atoms. The quantitative estimate of drug-likeness (QED) is 0.610. The van der Waals surface area contributed by atoms with Gasteiger partial charge in [-0.15, -0.1) is 0 Å². The molecular weight excluding hydrogens is 182 g/mol. The van der Waals surface area contributed by atoms with Crippen LogP contribution in [0.3, 0.4) is 0 Å². The fourth-order valence-electron chi connectivity index (χ4n) is 0.866. The molecule has 0 saturated heterocycles. The number of nitrogens with one attached hydrogen (secondary N) is 2. The molecule has 5 heteroatoms. The normalized spacial score (nSPS) is 10.0. The second kappa shape index (κ2) is 7.32. The van der Waals surface area contributed by atoms with Crippen LogP contribution in [0.25, 0.3) is 0 Å². The average Bonchev–Trinajstić information content (AvgIpc) is 2.10. The smallest absolute Gasteiger partial charge is 0.252 e. The zero-order valence-electron chi connectivity index (χ0n) is 9.09. The van der Waals surface area contributed by atoms with Crippen LogP contribution in [0.15, 0.2) is 0 Å².